The Labute approximate surface area is 120 Å². The fourth-order valence-electron chi connectivity index (χ4n) is 1.57. The molecule has 4 heteroatoms. The lowest BCUT2D eigenvalue weighted by molar-refractivity contribution is 1.40. The Morgan fingerprint density at radius 1 is 0.882 bits per heavy atom. The van der Waals surface area contributed by atoms with E-state index in [1.807, 2.05) is 30.3 Å². The Bertz CT molecular complexity index is 549. The topological polar surface area (TPSA) is 0 Å². The molecule has 0 amide bonds. The van der Waals surface area contributed by atoms with Crippen LogP contribution < -0.4 is 0 Å². The van der Waals surface area contributed by atoms with Crippen LogP contribution in [0.25, 0.3) is 11.1 Å². The Balaban J connectivity index is 2.57. The summed E-state index contributed by atoms with van der Waals surface area (Å²) in [6, 6.07) is 11.2. The second-order valence-corrected chi connectivity index (χ2v) is 5.00. The van der Waals surface area contributed by atoms with Gasteiger partial charge in [-0.05, 0) is 29.3 Å². The van der Waals surface area contributed by atoms with Crippen LogP contribution in [0.5, 0.6) is 0 Å². The third-order valence-corrected chi connectivity index (χ3v) is 3.93. The summed E-state index contributed by atoms with van der Waals surface area (Å²) in [6.07, 6.45) is 0. The van der Waals surface area contributed by atoms with Crippen LogP contribution in [0.4, 0.5) is 0 Å². The van der Waals surface area contributed by atoms with Crippen LogP contribution in [-0.4, -0.2) is 0 Å². The van der Waals surface area contributed by atoms with Crippen molar-refractivity contribution in [3.8, 4) is 11.1 Å². The lowest BCUT2D eigenvalue weighted by Crippen LogP contribution is -1.85. The summed E-state index contributed by atoms with van der Waals surface area (Å²) in [5.41, 5.74) is 2.71. The maximum Gasteiger partial charge on any atom is 0.0670 e. The predicted octanol–water partition coefficient (Wildman–Crippen LogP) is 6.05. The maximum absolute atomic E-state index is 6.17. The molecule has 0 nitrogen and oxygen atoms in total. The van der Waals surface area contributed by atoms with E-state index >= 15 is 0 Å². The van der Waals surface area contributed by atoms with E-state index in [4.69, 9.17) is 46.4 Å². The average Bonchev–Trinajstić information content (AvgIpc) is 2.34. The Morgan fingerprint density at radius 3 is 2.35 bits per heavy atom. The van der Waals surface area contributed by atoms with Crippen LogP contribution >= 0.6 is 46.4 Å². The molecule has 2 aromatic carbocycles. The van der Waals surface area contributed by atoms with Gasteiger partial charge in [0.25, 0.3) is 0 Å². The van der Waals surface area contributed by atoms with Gasteiger partial charge in [0, 0.05) is 16.5 Å². The number of benzene rings is 2. The minimum Gasteiger partial charge on any atom is -0.121 e. The van der Waals surface area contributed by atoms with E-state index in [9.17, 15) is 0 Å². The zero-order chi connectivity index (χ0) is 12.4. The molecule has 2 rings (SSSR count). The van der Waals surface area contributed by atoms with E-state index in [2.05, 4.69) is 0 Å². The smallest absolute Gasteiger partial charge is 0.0670 e. The predicted molar refractivity (Wildman–Crippen MR) is 76.5 cm³/mol. The highest BCUT2D eigenvalue weighted by molar-refractivity contribution is 6.43. The molecule has 0 N–H and O–H groups in total. The number of hydrogen-bond donors (Lipinski definition) is 0. The first-order valence-corrected chi connectivity index (χ1v) is 6.59. The van der Waals surface area contributed by atoms with Crippen LogP contribution in [-0.2, 0) is 5.88 Å². The van der Waals surface area contributed by atoms with Gasteiger partial charge >= 0.3 is 0 Å². The first-order chi connectivity index (χ1) is 8.13. The van der Waals surface area contributed by atoms with Gasteiger partial charge < -0.3 is 0 Å². The van der Waals surface area contributed by atoms with Crippen molar-refractivity contribution >= 4 is 46.4 Å². The number of alkyl halides is 1. The van der Waals surface area contributed by atoms with Crippen molar-refractivity contribution in [3.63, 3.8) is 0 Å². The van der Waals surface area contributed by atoms with Gasteiger partial charge in [0.05, 0.1) is 10.0 Å². The molecular formula is C13H8Cl4. The molecule has 0 aliphatic rings. The van der Waals surface area contributed by atoms with E-state index in [1.54, 1.807) is 6.07 Å². The highest BCUT2D eigenvalue weighted by Gasteiger charge is 2.08. The molecule has 0 fully saturated rings. The molecule has 0 aromatic heterocycles. The van der Waals surface area contributed by atoms with Crippen molar-refractivity contribution in [1.82, 2.24) is 0 Å². The molecule has 0 atom stereocenters. The van der Waals surface area contributed by atoms with Crippen LogP contribution in [0.3, 0.4) is 0 Å². The first kappa shape index (κ1) is 13.0. The lowest BCUT2D eigenvalue weighted by atomic mass is 10.0. The second-order valence-electron chi connectivity index (χ2n) is 3.54. The second kappa shape index (κ2) is 5.49. The van der Waals surface area contributed by atoms with E-state index in [0.717, 1.165) is 16.7 Å². The summed E-state index contributed by atoms with van der Waals surface area (Å²) in [6.45, 7) is 0. The van der Waals surface area contributed by atoms with Gasteiger partial charge in [-0.2, -0.15) is 0 Å². The summed E-state index contributed by atoms with van der Waals surface area (Å²) in [7, 11) is 0. The molecule has 0 radical (unpaired) electrons. The molecule has 17 heavy (non-hydrogen) atoms. The molecule has 2 aromatic rings. The van der Waals surface area contributed by atoms with Gasteiger partial charge in [-0.15, -0.1) is 11.6 Å². The maximum atomic E-state index is 6.17. The Hall–Kier alpha value is -0.400. The molecule has 0 aliphatic heterocycles. The van der Waals surface area contributed by atoms with Crippen LogP contribution in [0, 0.1) is 0 Å². The van der Waals surface area contributed by atoms with E-state index in [-0.39, 0.29) is 0 Å². The van der Waals surface area contributed by atoms with Gasteiger partial charge in [-0.1, -0.05) is 53.0 Å². The third kappa shape index (κ3) is 2.71. The van der Waals surface area contributed by atoms with Crippen LogP contribution in [0.15, 0.2) is 36.4 Å². The van der Waals surface area contributed by atoms with Crippen molar-refractivity contribution in [2.24, 2.45) is 0 Å². The van der Waals surface area contributed by atoms with Crippen molar-refractivity contribution in [1.29, 1.82) is 0 Å². The zero-order valence-electron chi connectivity index (χ0n) is 8.68. The van der Waals surface area contributed by atoms with Gasteiger partial charge in [-0.3, -0.25) is 0 Å². The largest absolute Gasteiger partial charge is 0.121 e. The van der Waals surface area contributed by atoms with Gasteiger partial charge in [0.2, 0.25) is 0 Å². The van der Waals surface area contributed by atoms with Crippen molar-refractivity contribution in [3.05, 3.63) is 57.0 Å². The van der Waals surface area contributed by atoms with E-state index in [1.165, 1.54) is 0 Å². The summed E-state index contributed by atoms with van der Waals surface area (Å²) >= 11 is 24.0. The molecule has 0 heterocycles. The fraction of sp³-hybridized carbons (Fsp3) is 0.0769. The third-order valence-electron chi connectivity index (χ3n) is 2.45. The standard InChI is InChI=1S/C13H8Cl4/c14-7-9-6-8(4-5-11(9)15)10-2-1-3-12(16)13(10)17/h1-6H,7H2. The van der Waals surface area contributed by atoms with Crippen molar-refractivity contribution in [2.75, 3.05) is 0 Å². The van der Waals surface area contributed by atoms with Gasteiger partial charge in [0.15, 0.2) is 0 Å². The van der Waals surface area contributed by atoms with E-state index in [0.29, 0.717) is 20.9 Å². The molecule has 0 saturated heterocycles. The van der Waals surface area contributed by atoms with Gasteiger partial charge in [-0.25, -0.2) is 0 Å². The fourth-order valence-corrected chi connectivity index (χ4v) is 2.45. The quantitative estimate of drug-likeness (QED) is 0.592. The van der Waals surface area contributed by atoms with Crippen LogP contribution in [0.1, 0.15) is 5.56 Å². The highest BCUT2D eigenvalue weighted by atomic mass is 35.5. The highest BCUT2D eigenvalue weighted by Crippen LogP contribution is 2.35. The summed E-state index contributed by atoms with van der Waals surface area (Å²) < 4.78 is 0. The minimum absolute atomic E-state index is 0.366. The first-order valence-electron chi connectivity index (χ1n) is 4.92. The molecular weight excluding hydrogens is 298 g/mol. The Morgan fingerprint density at radius 2 is 1.65 bits per heavy atom. The molecule has 0 saturated carbocycles. The normalized spacial score (nSPS) is 10.6. The molecule has 0 bridgehead atoms. The summed E-state index contributed by atoms with van der Waals surface area (Å²) in [5.74, 6) is 0.366. The molecule has 0 spiro atoms. The number of hydrogen-bond acceptors (Lipinski definition) is 0. The summed E-state index contributed by atoms with van der Waals surface area (Å²) in [5, 5.41) is 1.73. The summed E-state index contributed by atoms with van der Waals surface area (Å²) in [4.78, 5) is 0. The van der Waals surface area contributed by atoms with Gasteiger partial charge in [0.1, 0.15) is 0 Å². The number of rotatable bonds is 2. The number of halogens is 4. The monoisotopic (exact) mass is 304 g/mol. The molecule has 0 aliphatic carbocycles. The van der Waals surface area contributed by atoms with E-state index < -0.39 is 0 Å². The minimum atomic E-state index is 0.366. The zero-order valence-corrected chi connectivity index (χ0v) is 11.7. The van der Waals surface area contributed by atoms with Crippen molar-refractivity contribution in [2.45, 2.75) is 5.88 Å². The molecule has 88 valence electrons. The SMILES string of the molecule is ClCc1cc(-c2cccc(Cl)c2Cl)ccc1Cl. The average molecular weight is 306 g/mol. The van der Waals surface area contributed by atoms with Crippen LogP contribution in [0.2, 0.25) is 15.1 Å². The Kier molecular flexibility index (Phi) is 4.22. The van der Waals surface area contributed by atoms with Crippen molar-refractivity contribution < 1.29 is 0 Å². The lowest BCUT2D eigenvalue weighted by Gasteiger charge is -2.08. The molecule has 0 unspecified atom stereocenters.